The van der Waals surface area contributed by atoms with E-state index in [0.29, 0.717) is 22.7 Å². The smallest absolute Gasteiger partial charge is 0.267 e. The van der Waals surface area contributed by atoms with Crippen molar-refractivity contribution < 1.29 is 0 Å². The van der Waals surface area contributed by atoms with Crippen molar-refractivity contribution >= 4 is 11.6 Å². The monoisotopic (exact) mass is 379 g/mol. The molecule has 0 N–H and O–H groups in total. The highest BCUT2D eigenvalue weighted by atomic mass is 35.5. The Balaban J connectivity index is 1.37. The fourth-order valence-corrected chi connectivity index (χ4v) is 4.42. The molecule has 6 nitrogen and oxygen atoms in total. The number of aromatic nitrogens is 5. The van der Waals surface area contributed by atoms with Gasteiger partial charge in [-0.25, -0.2) is 14.6 Å². The third-order valence-electron chi connectivity index (χ3n) is 5.66. The molecule has 0 radical (unpaired) electrons. The lowest BCUT2D eigenvalue weighted by molar-refractivity contribution is -0.106. The molecule has 2 bridgehead atoms. The quantitative estimate of drug-likeness (QED) is 0.680. The number of nitrogens with zero attached hydrogens (tertiary/aromatic N) is 5. The molecule has 0 amide bonds. The number of rotatable bonds is 5. The number of hydrogen-bond acceptors (Lipinski definition) is 5. The lowest BCUT2D eigenvalue weighted by atomic mass is 9.43. The maximum Gasteiger partial charge on any atom is 0.267 e. The highest BCUT2D eigenvalue weighted by Crippen LogP contribution is 2.65. The fraction of sp³-hybridized carbons (Fsp3) is 0.350. The van der Waals surface area contributed by atoms with Crippen molar-refractivity contribution in [2.24, 2.45) is 11.3 Å². The Hall–Kier alpha value is -2.60. The maximum absolute atomic E-state index is 12.2. The Labute approximate surface area is 161 Å². The molecule has 3 aliphatic rings. The minimum atomic E-state index is -0.181. The van der Waals surface area contributed by atoms with Gasteiger partial charge in [-0.15, -0.1) is 0 Å². The highest BCUT2D eigenvalue weighted by molar-refractivity contribution is 6.30. The van der Waals surface area contributed by atoms with Crippen LogP contribution in [-0.4, -0.2) is 24.7 Å². The molecule has 0 unspecified atom stereocenters. The normalized spacial score (nSPS) is 22.8. The van der Waals surface area contributed by atoms with Crippen molar-refractivity contribution in [2.45, 2.75) is 32.2 Å². The summed E-state index contributed by atoms with van der Waals surface area (Å²) in [7, 11) is 0. The summed E-state index contributed by atoms with van der Waals surface area (Å²) in [6.07, 6.45) is 11.8. The van der Waals surface area contributed by atoms with Gasteiger partial charge < -0.3 is 0 Å². The van der Waals surface area contributed by atoms with E-state index < -0.39 is 0 Å². The van der Waals surface area contributed by atoms with E-state index in [4.69, 9.17) is 11.6 Å². The molecule has 3 aromatic heterocycles. The first-order valence-corrected chi connectivity index (χ1v) is 9.45. The van der Waals surface area contributed by atoms with Crippen LogP contribution in [0.5, 0.6) is 0 Å². The van der Waals surface area contributed by atoms with E-state index in [-0.39, 0.29) is 5.56 Å². The van der Waals surface area contributed by atoms with Gasteiger partial charge in [-0.3, -0.25) is 9.78 Å². The number of pyridine rings is 1. The van der Waals surface area contributed by atoms with Gasteiger partial charge in [0.05, 0.1) is 17.3 Å². The Morgan fingerprint density at radius 2 is 1.89 bits per heavy atom. The zero-order valence-corrected chi connectivity index (χ0v) is 15.4. The highest BCUT2D eigenvalue weighted by Gasteiger charge is 2.56. The van der Waals surface area contributed by atoms with E-state index in [1.165, 1.54) is 30.0 Å². The first kappa shape index (κ1) is 16.6. The molecule has 3 fully saturated rings. The summed E-state index contributed by atoms with van der Waals surface area (Å²) in [5.74, 6) is 1.86. The molecule has 0 aliphatic heterocycles. The molecule has 136 valence electrons. The SMILES string of the molecule is O=c1ccc(-c2cnc(CC34CC(C3)C4)nc2)nn1Cc1cncc(Cl)c1. The first-order valence-electron chi connectivity index (χ1n) is 9.08. The molecular weight excluding hydrogens is 362 g/mol. The molecule has 0 spiro atoms. The summed E-state index contributed by atoms with van der Waals surface area (Å²) in [5.41, 5.74) is 2.60. The van der Waals surface area contributed by atoms with Crippen molar-refractivity contribution in [1.82, 2.24) is 24.7 Å². The summed E-state index contributed by atoms with van der Waals surface area (Å²) >= 11 is 5.97. The second-order valence-electron chi connectivity index (χ2n) is 7.77. The standard InChI is InChI=1S/C20H18ClN5O/c21-16-3-13(8-22-11-16)12-26-19(27)2-1-17(25-26)15-9-23-18(24-10-15)7-20-4-14(5-20)6-20/h1-3,8-11,14H,4-7,12H2. The number of hydrogen-bond donors (Lipinski definition) is 0. The number of halogens is 1. The Kier molecular flexibility index (Phi) is 3.82. The molecule has 7 heteroatoms. The average Bonchev–Trinajstić information content (AvgIpc) is 2.60. The molecule has 3 aliphatic carbocycles. The minimum Gasteiger partial charge on any atom is -0.268 e. The average molecular weight is 380 g/mol. The van der Waals surface area contributed by atoms with Crippen molar-refractivity contribution in [3.8, 4) is 11.3 Å². The third kappa shape index (κ3) is 3.14. The van der Waals surface area contributed by atoms with Crippen LogP contribution in [0.15, 0.2) is 47.8 Å². The van der Waals surface area contributed by atoms with Gasteiger partial charge >= 0.3 is 0 Å². The molecule has 27 heavy (non-hydrogen) atoms. The van der Waals surface area contributed by atoms with Crippen molar-refractivity contribution in [3.63, 3.8) is 0 Å². The van der Waals surface area contributed by atoms with Crippen LogP contribution in [0.1, 0.15) is 30.7 Å². The Morgan fingerprint density at radius 3 is 2.56 bits per heavy atom. The van der Waals surface area contributed by atoms with Crippen LogP contribution < -0.4 is 5.56 Å². The van der Waals surface area contributed by atoms with Gasteiger partial charge in [-0.05, 0) is 48.3 Å². The molecule has 0 aromatic carbocycles. The Morgan fingerprint density at radius 1 is 1.11 bits per heavy atom. The lowest BCUT2D eigenvalue weighted by Gasteiger charge is -2.61. The topological polar surface area (TPSA) is 73.6 Å². The Bertz CT molecular complexity index is 1050. The van der Waals surface area contributed by atoms with E-state index in [9.17, 15) is 4.79 Å². The van der Waals surface area contributed by atoms with E-state index in [0.717, 1.165) is 29.3 Å². The maximum atomic E-state index is 12.2. The van der Waals surface area contributed by atoms with Gasteiger partial charge in [0.1, 0.15) is 5.82 Å². The first-order chi connectivity index (χ1) is 13.1. The van der Waals surface area contributed by atoms with Crippen LogP contribution in [-0.2, 0) is 13.0 Å². The second-order valence-corrected chi connectivity index (χ2v) is 8.21. The van der Waals surface area contributed by atoms with E-state index in [1.54, 1.807) is 36.9 Å². The van der Waals surface area contributed by atoms with Crippen LogP contribution in [0.25, 0.3) is 11.3 Å². The van der Waals surface area contributed by atoms with E-state index in [2.05, 4.69) is 20.1 Å². The molecule has 3 heterocycles. The van der Waals surface area contributed by atoms with Gasteiger partial charge in [0.2, 0.25) is 0 Å². The zero-order chi connectivity index (χ0) is 18.4. The fourth-order valence-electron chi connectivity index (χ4n) is 4.22. The molecule has 3 saturated carbocycles. The van der Waals surface area contributed by atoms with Crippen molar-refractivity contribution in [3.05, 3.63) is 69.8 Å². The molecule has 3 aromatic rings. The van der Waals surface area contributed by atoms with E-state index >= 15 is 0 Å². The second kappa shape index (κ2) is 6.23. The van der Waals surface area contributed by atoms with Crippen LogP contribution in [0.4, 0.5) is 0 Å². The molecule has 6 rings (SSSR count). The van der Waals surface area contributed by atoms with Gasteiger partial charge in [-0.1, -0.05) is 11.6 Å². The summed E-state index contributed by atoms with van der Waals surface area (Å²) in [5, 5.41) is 4.99. The van der Waals surface area contributed by atoms with Crippen LogP contribution in [0, 0.1) is 11.3 Å². The third-order valence-corrected chi connectivity index (χ3v) is 5.87. The zero-order valence-electron chi connectivity index (χ0n) is 14.7. The summed E-state index contributed by atoms with van der Waals surface area (Å²) < 4.78 is 1.40. The molecule has 0 atom stereocenters. The summed E-state index contributed by atoms with van der Waals surface area (Å²) in [6.45, 7) is 0.308. The summed E-state index contributed by atoms with van der Waals surface area (Å²) in [4.78, 5) is 25.3. The predicted molar refractivity (Wildman–Crippen MR) is 101 cm³/mol. The molecule has 0 saturated heterocycles. The van der Waals surface area contributed by atoms with Gasteiger partial charge in [0.25, 0.3) is 5.56 Å². The van der Waals surface area contributed by atoms with Gasteiger partial charge in [0.15, 0.2) is 0 Å². The van der Waals surface area contributed by atoms with Crippen LogP contribution >= 0.6 is 11.6 Å². The minimum absolute atomic E-state index is 0.181. The largest absolute Gasteiger partial charge is 0.268 e. The predicted octanol–water partition coefficient (Wildman–Crippen LogP) is 3.14. The van der Waals surface area contributed by atoms with Crippen LogP contribution in [0.3, 0.4) is 0 Å². The summed E-state index contributed by atoms with van der Waals surface area (Å²) in [6, 6.07) is 4.99. The molecular formula is C20H18ClN5O. The lowest BCUT2D eigenvalue weighted by Crippen LogP contribution is -2.53. The van der Waals surface area contributed by atoms with Gasteiger partial charge in [-0.2, -0.15) is 5.10 Å². The van der Waals surface area contributed by atoms with Crippen molar-refractivity contribution in [1.29, 1.82) is 0 Å². The van der Waals surface area contributed by atoms with Crippen LogP contribution in [0.2, 0.25) is 5.02 Å². The van der Waals surface area contributed by atoms with E-state index in [1.807, 2.05) is 0 Å². The van der Waals surface area contributed by atoms with Crippen molar-refractivity contribution in [2.75, 3.05) is 0 Å². The van der Waals surface area contributed by atoms with Gasteiger partial charge in [0, 0.05) is 42.8 Å².